The number of carbonyl (C=O) groups is 1. The lowest BCUT2D eigenvalue weighted by Crippen LogP contribution is -2.42. The second-order valence-electron chi connectivity index (χ2n) is 7.35. The number of nitrogens with one attached hydrogen (secondary N) is 2. The molecule has 1 aromatic carbocycles. The van der Waals surface area contributed by atoms with Gasteiger partial charge in [-0.1, -0.05) is 30.3 Å². The third kappa shape index (κ3) is 4.71. The standard InChI is InChI=1S/C21H27N5O2/c1-2-28-21(27)26-12-10-17(11-13-26)22-19-14-18(15-6-4-3-5-7-15)24-20(25-19)23-16-8-9-16/h3-7,14,16-17H,2,8-13H2,1H3,(H2,22,23,24,25). The Hall–Kier alpha value is -2.83. The van der Waals surface area contributed by atoms with Gasteiger partial charge in [0.15, 0.2) is 0 Å². The highest BCUT2D eigenvalue weighted by Crippen LogP contribution is 2.27. The predicted octanol–water partition coefficient (Wildman–Crippen LogP) is 3.75. The smallest absolute Gasteiger partial charge is 0.409 e. The molecule has 1 aromatic heterocycles. The van der Waals surface area contributed by atoms with Crippen molar-refractivity contribution in [3.05, 3.63) is 36.4 Å². The van der Waals surface area contributed by atoms with Gasteiger partial charge in [-0.2, -0.15) is 4.98 Å². The van der Waals surface area contributed by atoms with Crippen LogP contribution < -0.4 is 10.6 Å². The molecule has 1 aliphatic carbocycles. The molecule has 2 aromatic rings. The van der Waals surface area contributed by atoms with E-state index in [1.165, 1.54) is 12.8 Å². The van der Waals surface area contributed by atoms with Crippen LogP contribution >= 0.6 is 0 Å². The van der Waals surface area contributed by atoms with Gasteiger partial charge < -0.3 is 20.3 Å². The van der Waals surface area contributed by atoms with Gasteiger partial charge in [-0.15, -0.1) is 0 Å². The van der Waals surface area contributed by atoms with Crippen LogP contribution in [0.4, 0.5) is 16.6 Å². The summed E-state index contributed by atoms with van der Waals surface area (Å²) >= 11 is 0. The third-order valence-electron chi connectivity index (χ3n) is 5.08. The van der Waals surface area contributed by atoms with Gasteiger partial charge in [0.1, 0.15) is 5.82 Å². The highest BCUT2D eigenvalue weighted by atomic mass is 16.6. The van der Waals surface area contributed by atoms with Crippen molar-refractivity contribution < 1.29 is 9.53 Å². The highest BCUT2D eigenvalue weighted by molar-refractivity contribution is 5.68. The van der Waals surface area contributed by atoms with E-state index in [4.69, 9.17) is 9.72 Å². The van der Waals surface area contributed by atoms with Crippen LogP contribution in [0.5, 0.6) is 0 Å². The van der Waals surface area contributed by atoms with Crippen LogP contribution in [0.1, 0.15) is 32.6 Å². The molecule has 0 bridgehead atoms. The maximum atomic E-state index is 11.9. The molecule has 0 atom stereocenters. The van der Waals surface area contributed by atoms with Gasteiger partial charge in [0.25, 0.3) is 0 Å². The molecule has 1 amide bonds. The zero-order chi connectivity index (χ0) is 19.3. The van der Waals surface area contributed by atoms with Crippen molar-refractivity contribution in [2.24, 2.45) is 0 Å². The first-order valence-corrected chi connectivity index (χ1v) is 10.1. The molecule has 0 radical (unpaired) electrons. The van der Waals surface area contributed by atoms with E-state index in [0.29, 0.717) is 31.7 Å². The number of carbonyl (C=O) groups excluding carboxylic acids is 1. The summed E-state index contributed by atoms with van der Waals surface area (Å²) < 4.78 is 5.10. The number of hydrogen-bond donors (Lipinski definition) is 2. The Labute approximate surface area is 165 Å². The lowest BCUT2D eigenvalue weighted by molar-refractivity contribution is 0.0983. The normalized spacial score (nSPS) is 17.2. The average molecular weight is 381 g/mol. The van der Waals surface area contributed by atoms with Crippen molar-refractivity contribution >= 4 is 17.9 Å². The molecule has 1 saturated heterocycles. The van der Waals surface area contributed by atoms with Gasteiger partial charge in [0.05, 0.1) is 12.3 Å². The van der Waals surface area contributed by atoms with Crippen molar-refractivity contribution in [1.29, 1.82) is 0 Å². The maximum absolute atomic E-state index is 11.9. The van der Waals surface area contributed by atoms with E-state index in [1.807, 2.05) is 31.2 Å². The Morgan fingerprint density at radius 3 is 2.46 bits per heavy atom. The molecule has 0 unspecified atom stereocenters. The van der Waals surface area contributed by atoms with Crippen LogP contribution in [0.3, 0.4) is 0 Å². The second kappa shape index (κ2) is 8.46. The van der Waals surface area contributed by atoms with Crippen LogP contribution in [0.2, 0.25) is 0 Å². The van der Waals surface area contributed by atoms with E-state index in [1.54, 1.807) is 4.90 Å². The van der Waals surface area contributed by atoms with E-state index < -0.39 is 0 Å². The largest absolute Gasteiger partial charge is 0.450 e. The van der Waals surface area contributed by atoms with E-state index in [2.05, 4.69) is 27.8 Å². The van der Waals surface area contributed by atoms with Crippen molar-refractivity contribution in [3.63, 3.8) is 0 Å². The fraction of sp³-hybridized carbons (Fsp3) is 0.476. The lowest BCUT2D eigenvalue weighted by Gasteiger charge is -2.32. The summed E-state index contributed by atoms with van der Waals surface area (Å²) in [6.45, 7) is 3.64. The molecule has 1 aliphatic heterocycles. The molecule has 2 fully saturated rings. The molecule has 2 N–H and O–H groups in total. The first kappa shape index (κ1) is 18.5. The monoisotopic (exact) mass is 381 g/mol. The number of hydrogen-bond acceptors (Lipinski definition) is 6. The summed E-state index contributed by atoms with van der Waals surface area (Å²) in [6.07, 6.45) is 3.87. The zero-order valence-electron chi connectivity index (χ0n) is 16.2. The van der Waals surface area contributed by atoms with Crippen LogP contribution in [0.25, 0.3) is 11.3 Å². The van der Waals surface area contributed by atoms with E-state index in [0.717, 1.165) is 29.9 Å². The summed E-state index contributed by atoms with van der Waals surface area (Å²) in [4.78, 5) is 23.0. The molecule has 28 heavy (non-hydrogen) atoms. The molecular weight excluding hydrogens is 354 g/mol. The SMILES string of the molecule is CCOC(=O)N1CCC(Nc2cc(-c3ccccc3)nc(NC3CC3)n2)CC1. The molecule has 2 heterocycles. The van der Waals surface area contributed by atoms with Crippen molar-refractivity contribution in [2.45, 2.75) is 44.7 Å². The lowest BCUT2D eigenvalue weighted by atomic mass is 10.1. The van der Waals surface area contributed by atoms with E-state index in [9.17, 15) is 4.79 Å². The summed E-state index contributed by atoms with van der Waals surface area (Å²) in [7, 11) is 0. The number of nitrogens with zero attached hydrogens (tertiary/aromatic N) is 3. The van der Waals surface area contributed by atoms with Gasteiger partial charge >= 0.3 is 6.09 Å². The summed E-state index contributed by atoms with van der Waals surface area (Å²) in [5.74, 6) is 1.50. The van der Waals surface area contributed by atoms with Crippen molar-refractivity contribution in [2.75, 3.05) is 30.3 Å². The molecule has 2 aliphatic rings. The summed E-state index contributed by atoms with van der Waals surface area (Å²) in [6, 6.07) is 12.9. The number of anilines is 2. The number of rotatable bonds is 6. The Morgan fingerprint density at radius 2 is 1.79 bits per heavy atom. The Bertz CT molecular complexity index is 802. The number of aromatic nitrogens is 2. The van der Waals surface area contributed by atoms with Gasteiger partial charge in [-0.3, -0.25) is 0 Å². The maximum Gasteiger partial charge on any atom is 0.409 e. The zero-order valence-corrected chi connectivity index (χ0v) is 16.2. The topological polar surface area (TPSA) is 79.4 Å². The van der Waals surface area contributed by atoms with Gasteiger partial charge in [0, 0.05) is 36.8 Å². The van der Waals surface area contributed by atoms with Crippen molar-refractivity contribution in [3.8, 4) is 11.3 Å². The van der Waals surface area contributed by atoms with Gasteiger partial charge in [-0.05, 0) is 32.6 Å². The van der Waals surface area contributed by atoms with Gasteiger partial charge in [-0.25, -0.2) is 9.78 Å². The Morgan fingerprint density at radius 1 is 1.07 bits per heavy atom. The summed E-state index contributed by atoms with van der Waals surface area (Å²) in [5.41, 5.74) is 1.98. The fourth-order valence-electron chi connectivity index (χ4n) is 3.38. The van der Waals surface area contributed by atoms with Crippen molar-refractivity contribution in [1.82, 2.24) is 14.9 Å². The van der Waals surface area contributed by atoms with Crippen LogP contribution in [0.15, 0.2) is 36.4 Å². The fourth-order valence-corrected chi connectivity index (χ4v) is 3.38. The van der Waals surface area contributed by atoms with Crippen LogP contribution in [-0.2, 0) is 4.74 Å². The quantitative estimate of drug-likeness (QED) is 0.793. The Kier molecular flexibility index (Phi) is 5.60. The first-order chi connectivity index (χ1) is 13.7. The molecule has 4 rings (SSSR count). The number of piperidine rings is 1. The molecular formula is C21H27N5O2. The van der Waals surface area contributed by atoms with E-state index >= 15 is 0 Å². The van der Waals surface area contributed by atoms with E-state index in [-0.39, 0.29) is 12.1 Å². The number of amides is 1. The second-order valence-corrected chi connectivity index (χ2v) is 7.35. The molecule has 7 heteroatoms. The molecule has 7 nitrogen and oxygen atoms in total. The minimum atomic E-state index is -0.217. The minimum Gasteiger partial charge on any atom is -0.450 e. The minimum absolute atomic E-state index is 0.217. The summed E-state index contributed by atoms with van der Waals surface area (Å²) in [5, 5.41) is 6.95. The molecule has 1 saturated carbocycles. The first-order valence-electron chi connectivity index (χ1n) is 10.1. The number of likely N-dealkylation sites (tertiary alicyclic amines) is 1. The highest BCUT2D eigenvalue weighted by Gasteiger charge is 2.25. The Balaban J connectivity index is 1.45. The third-order valence-corrected chi connectivity index (χ3v) is 5.08. The molecule has 148 valence electrons. The van der Waals surface area contributed by atoms with Crippen LogP contribution in [0, 0.1) is 0 Å². The number of benzene rings is 1. The molecule has 0 spiro atoms. The van der Waals surface area contributed by atoms with Gasteiger partial charge in [0.2, 0.25) is 5.95 Å². The predicted molar refractivity (Wildman–Crippen MR) is 109 cm³/mol. The average Bonchev–Trinajstić information content (AvgIpc) is 3.53. The van der Waals surface area contributed by atoms with Crippen LogP contribution in [-0.4, -0.2) is 52.7 Å². The number of ether oxygens (including phenoxy) is 1.